The normalized spacial score (nSPS) is 10.8. The summed E-state index contributed by atoms with van der Waals surface area (Å²) in [6.07, 6.45) is 11.8. The Morgan fingerprint density at radius 2 is 1.33 bits per heavy atom. The first-order chi connectivity index (χ1) is 8.72. The SMILES string of the molecule is CCCCCCCCCCc1cc(Cl)nc(Cl)c1. The molecule has 0 unspecified atom stereocenters. The largest absolute Gasteiger partial charge is 0.224 e. The molecule has 0 saturated carbocycles. The summed E-state index contributed by atoms with van der Waals surface area (Å²) in [4.78, 5) is 3.95. The van der Waals surface area contributed by atoms with E-state index >= 15 is 0 Å². The van der Waals surface area contributed by atoms with Crippen LogP contribution < -0.4 is 0 Å². The maximum atomic E-state index is 5.87. The molecule has 0 atom stereocenters. The van der Waals surface area contributed by atoms with E-state index in [4.69, 9.17) is 23.2 Å². The number of rotatable bonds is 9. The molecule has 0 amide bonds. The standard InChI is InChI=1S/C15H23Cl2N/c1-2-3-4-5-6-7-8-9-10-13-11-14(16)18-15(17)12-13/h11-12H,2-10H2,1H3. The highest BCUT2D eigenvalue weighted by Crippen LogP contribution is 2.17. The van der Waals surface area contributed by atoms with E-state index in [1.165, 1.54) is 56.9 Å². The van der Waals surface area contributed by atoms with Gasteiger partial charge < -0.3 is 0 Å². The molecule has 18 heavy (non-hydrogen) atoms. The van der Waals surface area contributed by atoms with E-state index in [0.29, 0.717) is 10.3 Å². The van der Waals surface area contributed by atoms with E-state index in [0.717, 1.165) is 6.42 Å². The van der Waals surface area contributed by atoms with Crippen LogP contribution in [0.2, 0.25) is 10.3 Å². The summed E-state index contributed by atoms with van der Waals surface area (Å²) >= 11 is 11.7. The molecule has 0 aliphatic carbocycles. The molecule has 0 aromatic carbocycles. The maximum Gasteiger partial charge on any atom is 0.131 e. The molecule has 1 nitrogen and oxygen atoms in total. The van der Waals surface area contributed by atoms with Crippen molar-refractivity contribution in [1.82, 2.24) is 4.98 Å². The predicted molar refractivity (Wildman–Crippen MR) is 80.6 cm³/mol. The van der Waals surface area contributed by atoms with Crippen LogP contribution in [0.3, 0.4) is 0 Å². The van der Waals surface area contributed by atoms with Gasteiger partial charge in [0.2, 0.25) is 0 Å². The first kappa shape index (κ1) is 15.8. The molecule has 1 rings (SSSR count). The van der Waals surface area contributed by atoms with Gasteiger partial charge in [-0.05, 0) is 30.5 Å². The summed E-state index contributed by atoms with van der Waals surface area (Å²) < 4.78 is 0. The van der Waals surface area contributed by atoms with E-state index < -0.39 is 0 Å². The lowest BCUT2D eigenvalue weighted by atomic mass is 10.0. The number of aryl methyl sites for hydroxylation is 1. The van der Waals surface area contributed by atoms with Crippen molar-refractivity contribution in [1.29, 1.82) is 0 Å². The van der Waals surface area contributed by atoms with Crippen LogP contribution in [0.25, 0.3) is 0 Å². The third-order valence-corrected chi connectivity index (χ3v) is 3.53. The number of aromatic nitrogens is 1. The summed E-state index contributed by atoms with van der Waals surface area (Å²) in [5.74, 6) is 0. The average Bonchev–Trinajstić information content (AvgIpc) is 2.31. The minimum Gasteiger partial charge on any atom is -0.224 e. The van der Waals surface area contributed by atoms with Crippen molar-refractivity contribution in [3.05, 3.63) is 28.0 Å². The lowest BCUT2D eigenvalue weighted by Crippen LogP contribution is -1.89. The number of halogens is 2. The highest BCUT2D eigenvalue weighted by molar-refractivity contribution is 6.32. The van der Waals surface area contributed by atoms with Gasteiger partial charge >= 0.3 is 0 Å². The summed E-state index contributed by atoms with van der Waals surface area (Å²) in [5, 5.41) is 0.995. The third-order valence-electron chi connectivity index (χ3n) is 3.14. The number of unbranched alkanes of at least 4 members (excludes halogenated alkanes) is 7. The zero-order valence-electron chi connectivity index (χ0n) is 11.2. The van der Waals surface area contributed by atoms with E-state index in [9.17, 15) is 0 Å². The number of hydrogen-bond donors (Lipinski definition) is 0. The molecular formula is C15H23Cl2N. The summed E-state index contributed by atoms with van der Waals surface area (Å²) in [7, 11) is 0. The Morgan fingerprint density at radius 1 is 0.833 bits per heavy atom. The maximum absolute atomic E-state index is 5.87. The highest BCUT2D eigenvalue weighted by Gasteiger charge is 1.99. The van der Waals surface area contributed by atoms with Gasteiger partial charge in [-0.1, -0.05) is 75.1 Å². The van der Waals surface area contributed by atoms with E-state index in [1.54, 1.807) is 0 Å². The second kappa shape index (κ2) is 9.63. The van der Waals surface area contributed by atoms with Crippen LogP contribution in [0.1, 0.15) is 63.9 Å². The summed E-state index contributed by atoms with van der Waals surface area (Å²) in [6.45, 7) is 2.25. The van der Waals surface area contributed by atoms with E-state index in [-0.39, 0.29) is 0 Å². The van der Waals surface area contributed by atoms with Crippen molar-refractivity contribution in [2.45, 2.75) is 64.7 Å². The molecule has 0 aliphatic rings. The molecule has 0 N–H and O–H groups in total. The van der Waals surface area contributed by atoms with Gasteiger partial charge in [-0.2, -0.15) is 0 Å². The molecule has 0 aliphatic heterocycles. The van der Waals surface area contributed by atoms with Crippen molar-refractivity contribution in [2.24, 2.45) is 0 Å². The monoisotopic (exact) mass is 287 g/mol. The van der Waals surface area contributed by atoms with Gasteiger partial charge in [-0.25, -0.2) is 4.98 Å². The Kier molecular flexibility index (Phi) is 8.45. The summed E-state index contributed by atoms with van der Waals surface area (Å²) in [6, 6.07) is 3.82. The van der Waals surface area contributed by atoms with Gasteiger partial charge in [0.05, 0.1) is 0 Å². The minimum absolute atomic E-state index is 0.497. The molecule has 1 aromatic heterocycles. The van der Waals surface area contributed by atoms with Crippen molar-refractivity contribution < 1.29 is 0 Å². The Morgan fingerprint density at radius 3 is 1.89 bits per heavy atom. The zero-order chi connectivity index (χ0) is 13.2. The Labute approximate surface area is 121 Å². The molecule has 0 bridgehead atoms. The van der Waals surface area contributed by atoms with Crippen molar-refractivity contribution >= 4 is 23.2 Å². The smallest absolute Gasteiger partial charge is 0.131 e. The lowest BCUT2D eigenvalue weighted by Gasteiger charge is -2.03. The van der Waals surface area contributed by atoms with Crippen LogP contribution in [-0.4, -0.2) is 4.98 Å². The Bertz CT molecular complexity index is 319. The number of pyridine rings is 1. The first-order valence-corrected chi connectivity index (χ1v) is 7.80. The average molecular weight is 288 g/mol. The van der Waals surface area contributed by atoms with E-state index in [1.807, 2.05) is 12.1 Å². The Hall–Kier alpha value is -0.270. The predicted octanol–water partition coefficient (Wildman–Crippen LogP) is 6.07. The molecule has 0 fully saturated rings. The van der Waals surface area contributed by atoms with Gasteiger partial charge in [0.15, 0.2) is 0 Å². The van der Waals surface area contributed by atoms with Gasteiger partial charge in [-0.3, -0.25) is 0 Å². The number of nitrogens with zero attached hydrogens (tertiary/aromatic N) is 1. The fourth-order valence-corrected chi connectivity index (χ4v) is 2.63. The minimum atomic E-state index is 0.497. The fourth-order valence-electron chi connectivity index (χ4n) is 2.12. The summed E-state index contributed by atoms with van der Waals surface area (Å²) in [5.41, 5.74) is 1.20. The topological polar surface area (TPSA) is 12.9 Å². The fraction of sp³-hybridized carbons (Fsp3) is 0.667. The molecule has 1 heterocycles. The Balaban J connectivity index is 2.07. The second-order valence-corrected chi connectivity index (χ2v) is 5.62. The number of hydrogen-bond acceptors (Lipinski definition) is 1. The molecule has 3 heteroatoms. The van der Waals surface area contributed by atoms with Gasteiger partial charge in [-0.15, -0.1) is 0 Å². The van der Waals surface area contributed by atoms with Crippen LogP contribution in [0.5, 0.6) is 0 Å². The van der Waals surface area contributed by atoms with Crippen LogP contribution in [0.15, 0.2) is 12.1 Å². The molecule has 0 saturated heterocycles. The molecule has 0 spiro atoms. The van der Waals surface area contributed by atoms with Crippen LogP contribution in [0.4, 0.5) is 0 Å². The first-order valence-electron chi connectivity index (χ1n) is 7.04. The van der Waals surface area contributed by atoms with Crippen LogP contribution in [0, 0.1) is 0 Å². The molecule has 0 radical (unpaired) electrons. The van der Waals surface area contributed by atoms with Crippen molar-refractivity contribution in [3.63, 3.8) is 0 Å². The van der Waals surface area contributed by atoms with Crippen molar-refractivity contribution in [2.75, 3.05) is 0 Å². The molecule has 1 aromatic rings. The van der Waals surface area contributed by atoms with Gasteiger partial charge in [0.1, 0.15) is 10.3 Å². The zero-order valence-corrected chi connectivity index (χ0v) is 12.7. The highest BCUT2D eigenvalue weighted by atomic mass is 35.5. The van der Waals surface area contributed by atoms with E-state index in [2.05, 4.69) is 11.9 Å². The third kappa shape index (κ3) is 7.23. The van der Waals surface area contributed by atoms with Gasteiger partial charge in [0, 0.05) is 0 Å². The quantitative estimate of drug-likeness (QED) is 0.397. The lowest BCUT2D eigenvalue weighted by molar-refractivity contribution is 0.575. The second-order valence-electron chi connectivity index (χ2n) is 4.85. The molecular weight excluding hydrogens is 265 g/mol. The van der Waals surface area contributed by atoms with Crippen LogP contribution >= 0.6 is 23.2 Å². The molecule has 102 valence electrons. The van der Waals surface area contributed by atoms with Crippen LogP contribution in [-0.2, 0) is 6.42 Å². The van der Waals surface area contributed by atoms with Gasteiger partial charge in [0.25, 0.3) is 0 Å². The van der Waals surface area contributed by atoms with Crippen molar-refractivity contribution in [3.8, 4) is 0 Å².